The summed E-state index contributed by atoms with van der Waals surface area (Å²) in [6.07, 6.45) is 0. The van der Waals surface area contributed by atoms with Gasteiger partial charge in [0.2, 0.25) is 5.91 Å². The highest BCUT2D eigenvalue weighted by molar-refractivity contribution is 6.99. The van der Waals surface area contributed by atoms with Gasteiger partial charge in [-0.15, -0.1) is 0 Å². The fraction of sp³-hybridized carbons (Fsp3) is 0.571. The molecule has 1 aromatic rings. The first-order chi connectivity index (χ1) is 6.59. The highest BCUT2D eigenvalue weighted by atomic mass is 35.5. The van der Waals surface area contributed by atoms with Crippen molar-refractivity contribution in [3.8, 4) is 0 Å². The number of halogens is 1. The van der Waals surface area contributed by atoms with Gasteiger partial charge in [-0.3, -0.25) is 4.79 Å². The molecule has 0 spiro atoms. The SMILES string of the molecule is CC(C)NC(=O)CNc1nsnc1Cl. The van der Waals surface area contributed by atoms with Gasteiger partial charge in [0.05, 0.1) is 18.3 Å². The van der Waals surface area contributed by atoms with Gasteiger partial charge >= 0.3 is 0 Å². The summed E-state index contributed by atoms with van der Waals surface area (Å²) in [5.74, 6) is 0.361. The van der Waals surface area contributed by atoms with Crippen molar-refractivity contribution in [2.24, 2.45) is 0 Å². The molecular formula is C7H11ClN4OS. The summed E-state index contributed by atoms with van der Waals surface area (Å²) >= 11 is 6.68. The molecule has 0 aliphatic heterocycles. The van der Waals surface area contributed by atoms with Gasteiger partial charge in [-0.1, -0.05) is 11.6 Å². The average Bonchev–Trinajstić information content (AvgIpc) is 2.46. The third-order valence-corrected chi connectivity index (χ3v) is 2.21. The van der Waals surface area contributed by atoms with Crippen LogP contribution in [0.3, 0.4) is 0 Å². The minimum atomic E-state index is -0.0935. The third-order valence-electron chi connectivity index (χ3n) is 1.31. The molecular weight excluding hydrogens is 224 g/mol. The zero-order valence-corrected chi connectivity index (χ0v) is 9.45. The van der Waals surface area contributed by atoms with Crippen molar-refractivity contribution in [1.29, 1.82) is 0 Å². The fourth-order valence-corrected chi connectivity index (χ4v) is 1.50. The van der Waals surface area contributed by atoms with E-state index in [4.69, 9.17) is 11.6 Å². The summed E-state index contributed by atoms with van der Waals surface area (Å²) in [4.78, 5) is 11.2. The normalized spacial score (nSPS) is 10.3. The number of amides is 1. The molecule has 1 heterocycles. The lowest BCUT2D eigenvalue weighted by Gasteiger charge is -2.08. The Morgan fingerprint density at radius 1 is 1.57 bits per heavy atom. The minimum Gasteiger partial charge on any atom is -0.358 e. The Labute approximate surface area is 91.2 Å². The van der Waals surface area contributed by atoms with Crippen LogP contribution in [0.15, 0.2) is 0 Å². The number of hydrogen-bond acceptors (Lipinski definition) is 5. The molecule has 14 heavy (non-hydrogen) atoms. The van der Waals surface area contributed by atoms with Gasteiger partial charge in [0, 0.05) is 6.04 Å². The van der Waals surface area contributed by atoms with Crippen LogP contribution >= 0.6 is 23.3 Å². The average molecular weight is 235 g/mol. The quantitative estimate of drug-likeness (QED) is 0.820. The second-order valence-corrected chi connectivity index (χ2v) is 3.87. The Kier molecular flexibility index (Phi) is 4.09. The van der Waals surface area contributed by atoms with Crippen molar-refractivity contribution in [3.05, 3.63) is 5.15 Å². The molecule has 2 N–H and O–H groups in total. The summed E-state index contributed by atoms with van der Waals surface area (Å²) in [6, 6.07) is 0.133. The Morgan fingerprint density at radius 3 is 2.79 bits per heavy atom. The molecule has 1 aromatic heterocycles. The second kappa shape index (κ2) is 5.11. The molecule has 0 fully saturated rings. The molecule has 1 rings (SSSR count). The first-order valence-corrected chi connectivity index (χ1v) is 5.21. The number of hydrogen-bond donors (Lipinski definition) is 2. The van der Waals surface area contributed by atoms with Crippen LogP contribution in [0, 0.1) is 0 Å². The molecule has 0 aliphatic rings. The van der Waals surface area contributed by atoms with E-state index in [0.717, 1.165) is 11.7 Å². The van der Waals surface area contributed by atoms with E-state index in [1.165, 1.54) is 0 Å². The van der Waals surface area contributed by atoms with E-state index in [1.54, 1.807) is 0 Å². The van der Waals surface area contributed by atoms with Crippen molar-refractivity contribution >= 4 is 35.1 Å². The third kappa shape index (κ3) is 3.47. The number of nitrogens with one attached hydrogen (secondary N) is 2. The van der Waals surface area contributed by atoms with Gasteiger partial charge in [-0.05, 0) is 13.8 Å². The second-order valence-electron chi connectivity index (χ2n) is 2.98. The largest absolute Gasteiger partial charge is 0.358 e. The highest BCUT2D eigenvalue weighted by Gasteiger charge is 2.07. The monoisotopic (exact) mass is 234 g/mol. The Bertz CT molecular complexity index is 314. The first kappa shape index (κ1) is 11.2. The Morgan fingerprint density at radius 2 is 2.29 bits per heavy atom. The maximum atomic E-state index is 11.2. The van der Waals surface area contributed by atoms with Crippen molar-refractivity contribution in [2.45, 2.75) is 19.9 Å². The van der Waals surface area contributed by atoms with E-state index < -0.39 is 0 Å². The van der Waals surface area contributed by atoms with Crippen molar-refractivity contribution in [2.75, 3.05) is 11.9 Å². The predicted octanol–water partition coefficient (Wildman–Crippen LogP) is 1.13. The first-order valence-electron chi connectivity index (χ1n) is 4.11. The van der Waals surface area contributed by atoms with Crippen LogP contribution in [0.4, 0.5) is 5.82 Å². The van der Waals surface area contributed by atoms with Gasteiger partial charge in [0.15, 0.2) is 11.0 Å². The van der Waals surface area contributed by atoms with Crippen LogP contribution in [0.2, 0.25) is 5.15 Å². The lowest BCUT2D eigenvalue weighted by atomic mass is 10.4. The van der Waals surface area contributed by atoms with Crippen molar-refractivity contribution in [1.82, 2.24) is 14.1 Å². The lowest BCUT2D eigenvalue weighted by Crippen LogP contribution is -2.34. The number of rotatable bonds is 4. The van der Waals surface area contributed by atoms with E-state index in [9.17, 15) is 4.79 Å². The molecule has 0 saturated carbocycles. The van der Waals surface area contributed by atoms with Gasteiger partial charge in [0.1, 0.15) is 0 Å². The van der Waals surface area contributed by atoms with Crippen LogP contribution in [-0.4, -0.2) is 27.2 Å². The fourth-order valence-electron chi connectivity index (χ4n) is 0.820. The molecule has 0 aromatic carbocycles. The molecule has 0 saturated heterocycles. The van der Waals surface area contributed by atoms with Crippen LogP contribution in [-0.2, 0) is 4.79 Å². The summed E-state index contributed by atoms with van der Waals surface area (Å²) in [7, 11) is 0. The zero-order valence-electron chi connectivity index (χ0n) is 7.87. The predicted molar refractivity (Wildman–Crippen MR) is 56.7 cm³/mol. The molecule has 0 aliphatic carbocycles. The van der Waals surface area contributed by atoms with Crippen molar-refractivity contribution < 1.29 is 4.79 Å². The number of anilines is 1. The Balaban J connectivity index is 2.34. The molecule has 78 valence electrons. The van der Waals surface area contributed by atoms with Gasteiger partial charge in [0.25, 0.3) is 0 Å². The smallest absolute Gasteiger partial charge is 0.239 e. The van der Waals surface area contributed by atoms with E-state index in [2.05, 4.69) is 19.4 Å². The molecule has 0 bridgehead atoms. The van der Waals surface area contributed by atoms with Gasteiger partial charge in [-0.2, -0.15) is 8.75 Å². The number of carbonyl (C=O) groups excluding carboxylic acids is 1. The maximum Gasteiger partial charge on any atom is 0.239 e. The molecule has 0 unspecified atom stereocenters. The summed E-state index contributed by atoms with van der Waals surface area (Å²) < 4.78 is 7.63. The molecule has 5 nitrogen and oxygen atoms in total. The number of aromatic nitrogens is 2. The van der Waals surface area contributed by atoms with E-state index in [-0.39, 0.29) is 18.5 Å². The van der Waals surface area contributed by atoms with E-state index in [1.807, 2.05) is 13.8 Å². The van der Waals surface area contributed by atoms with Crippen LogP contribution in [0.1, 0.15) is 13.8 Å². The molecule has 7 heteroatoms. The Hall–Kier alpha value is -0.880. The molecule has 0 atom stereocenters. The van der Waals surface area contributed by atoms with Gasteiger partial charge < -0.3 is 10.6 Å². The lowest BCUT2D eigenvalue weighted by molar-refractivity contribution is -0.119. The highest BCUT2D eigenvalue weighted by Crippen LogP contribution is 2.16. The summed E-state index contributed by atoms with van der Waals surface area (Å²) in [5, 5.41) is 5.82. The summed E-state index contributed by atoms with van der Waals surface area (Å²) in [6.45, 7) is 3.95. The molecule has 1 amide bonds. The van der Waals surface area contributed by atoms with Gasteiger partial charge in [-0.25, -0.2) is 0 Å². The van der Waals surface area contributed by atoms with E-state index >= 15 is 0 Å². The zero-order chi connectivity index (χ0) is 10.6. The number of nitrogens with zero attached hydrogens (tertiary/aromatic N) is 2. The number of carbonyl (C=O) groups is 1. The minimum absolute atomic E-state index is 0.0935. The van der Waals surface area contributed by atoms with Crippen LogP contribution in [0.5, 0.6) is 0 Å². The van der Waals surface area contributed by atoms with Crippen molar-refractivity contribution in [3.63, 3.8) is 0 Å². The standard InChI is InChI=1S/C7H11ClN4OS/c1-4(2)10-5(13)3-9-7-6(8)11-14-12-7/h4H,3H2,1-2H3,(H,9,12)(H,10,13). The van der Waals surface area contributed by atoms with Crippen LogP contribution < -0.4 is 10.6 Å². The van der Waals surface area contributed by atoms with Crippen LogP contribution in [0.25, 0.3) is 0 Å². The summed E-state index contributed by atoms with van der Waals surface area (Å²) in [5.41, 5.74) is 0. The molecule has 0 radical (unpaired) electrons. The maximum absolute atomic E-state index is 11.2. The van der Waals surface area contributed by atoms with E-state index in [0.29, 0.717) is 11.0 Å². The topological polar surface area (TPSA) is 66.9 Å².